The zero-order valence-corrected chi connectivity index (χ0v) is 20.4. The number of hydrogen-bond acceptors (Lipinski definition) is 6. The van der Waals surface area contributed by atoms with Gasteiger partial charge in [0.1, 0.15) is 10.1 Å². The fourth-order valence-corrected chi connectivity index (χ4v) is 3.97. The molecule has 0 saturated carbocycles. The van der Waals surface area contributed by atoms with Gasteiger partial charge in [0.2, 0.25) is 0 Å². The van der Waals surface area contributed by atoms with Gasteiger partial charge < -0.3 is 19.6 Å². The second kappa shape index (κ2) is 18.0. The van der Waals surface area contributed by atoms with E-state index in [-0.39, 0.29) is 64.2 Å². The first-order chi connectivity index (χ1) is 11.8. The molecule has 0 radical (unpaired) electrons. The molecular formula is C18H34KO6S-. The van der Waals surface area contributed by atoms with E-state index in [2.05, 4.69) is 6.92 Å². The van der Waals surface area contributed by atoms with E-state index < -0.39 is 27.4 Å². The molecule has 0 aromatic heterocycles. The van der Waals surface area contributed by atoms with Crippen LogP contribution in [0.25, 0.3) is 0 Å². The average Bonchev–Trinajstić information content (AvgIpc) is 2.51. The number of hydrogen-bond donors (Lipinski definition) is 1. The summed E-state index contributed by atoms with van der Waals surface area (Å²) < 4.78 is 34.2. The van der Waals surface area contributed by atoms with Gasteiger partial charge in [-0.05, 0) is 25.7 Å². The third-order valence-corrected chi connectivity index (χ3v) is 5.81. The number of rotatable bonds is 17. The molecule has 2 unspecified atom stereocenters. The fourth-order valence-electron chi connectivity index (χ4n) is 2.99. The van der Waals surface area contributed by atoms with Gasteiger partial charge in [0.25, 0.3) is 0 Å². The van der Waals surface area contributed by atoms with E-state index in [4.69, 9.17) is 0 Å². The van der Waals surface area contributed by atoms with Gasteiger partial charge in [-0.2, -0.15) is 0 Å². The van der Waals surface area contributed by atoms with Crippen LogP contribution in [0, 0.1) is 0 Å². The van der Waals surface area contributed by atoms with Crippen LogP contribution in [0.15, 0.2) is 0 Å². The van der Waals surface area contributed by atoms with Crippen molar-refractivity contribution < 1.29 is 79.4 Å². The van der Waals surface area contributed by atoms with Crippen molar-refractivity contribution in [1.29, 1.82) is 0 Å². The number of carboxylic acids is 1. The number of aliphatic hydroxyl groups excluding tert-OH is 1. The SMILES string of the molecule is CCCCCCCCC(C(O)CCCCCCCC(=O)[O-])S(=O)(=O)[O-].[K+]. The van der Waals surface area contributed by atoms with Crippen LogP contribution in [0.2, 0.25) is 0 Å². The molecule has 8 heteroatoms. The maximum atomic E-state index is 11.4. The van der Waals surface area contributed by atoms with Crippen LogP contribution in [-0.2, 0) is 14.9 Å². The van der Waals surface area contributed by atoms with Crippen LogP contribution >= 0.6 is 0 Å². The van der Waals surface area contributed by atoms with E-state index in [1.165, 1.54) is 0 Å². The number of aliphatic hydroxyl groups is 1. The molecule has 0 aliphatic rings. The normalized spacial score (nSPS) is 13.8. The van der Waals surface area contributed by atoms with Gasteiger partial charge in [-0.1, -0.05) is 71.1 Å². The molecule has 0 aromatic rings. The van der Waals surface area contributed by atoms with Crippen molar-refractivity contribution in [2.75, 3.05) is 0 Å². The van der Waals surface area contributed by atoms with Crippen molar-refractivity contribution in [3.63, 3.8) is 0 Å². The van der Waals surface area contributed by atoms with Crippen LogP contribution in [0.4, 0.5) is 0 Å². The van der Waals surface area contributed by atoms with Crippen LogP contribution in [0.3, 0.4) is 0 Å². The molecule has 26 heavy (non-hydrogen) atoms. The van der Waals surface area contributed by atoms with Crippen molar-refractivity contribution in [3.8, 4) is 0 Å². The fraction of sp³-hybridized carbons (Fsp3) is 0.944. The minimum atomic E-state index is -4.49. The van der Waals surface area contributed by atoms with Crippen molar-refractivity contribution in [3.05, 3.63) is 0 Å². The molecule has 0 aromatic carbocycles. The summed E-state index contributed by atoms with van der Waals surface area (Å²) in [5.74, 6) is -1.05. The number of aliphatic carboxylic acids is 1. The molecule has 0 aliphatic carbocycles. The van der Waals surface area contributed by atoms with Gasteiger partial charge >= 0.3 is 51.4 Å². The number of unbranched alkanes of at least 4 members (excludes halogenated alkanes) is 9. The van der Waals surface area contributed by atoms with E-state index in [0.29, 0.717) is 25.7 Å². The molecule has 0 rings (SSSR count). The van der Waals surface area contributed by atoms with E-state index in [9.17, 15) is 28.0 Å². The summed E-state index contributed by atoms with van der Waals surface area (Å²) in [5.41, 5.74) is 0. The van der Waals surface area contributed by atoms with Gasteiger partial charge in [-0.25, -0.2) is 8.42 Å². The Morgan fingerprint density at radius 3 is 1.85 bits per heavy atom. The first-order valence-corrected chi connectivity index (χ1v) is 11.1. The Hall–Kier alpha value is 0.976. The van der Waals surface area contributed by atoms with Crippen LogP contribution < -0.4 is 56.5 Å². The Balaban J connectivity index is 0. The Morgan fingerprint density at radius 2 is 1.35 bits per heavy atom. The molecule has 2 atom stereocenters. The Labute approximate surface area is 201 Å². The largest absolute Gasteiger partial charge is 1.00 e. The quantitative estimate of drug-likeness (QED) is 0.194. The minimum absolute atomic E-state index is 0. The molecule has 0 heterocycles. The average molecular weight is 418 g/mol. The molecule has 0 fully saturated rings. The van der Waals surface area contributed by atoms with Crippen molar-refractivity contribution >= 4 is 16.1 Å². The van der Waals surface area contributed by atoms with E-state index in [1.54, 1.807) is 0 Å². The second-order valence-corrected chi connectivity index (χ2v) is 8.42. The molecule has 150 valence electrons. The van der Waals surface area contributed by atoms with Crippen molar-refractivity contribution in [2.45, 2.75) is 108 Å². The summed E-state index contributed by atoms with van der Waals surface area (Å²) in [6, 6.07) is 0. The zero-order valence-electron chi connectivity index (χ0n) is 16.5. The smallest absolute Gasteiger partial charge is 0.748 e. The molecule has 0 aliphatic heterocycles. The van der Waals surface area contributed by atoms with Gasteiger partial charge in [-0.3, -0.25) is 0 Å². The van der Waals surface area contributed by atoms with E-state index >= 15 is 0 Å². The standard InChI is InChI=1S/C18H36O6S.K/c1-2-3-4-5-8-11-14-17(25(22,23)24)16(19)13-10-7-6-9-12-15-18(20)21;/h16-17,19H,2-15H2,1H3,(H,20,21)(H,22,23,24);/q;+1/p-2. The third-order valence-electron chi connectivity index (χ3n) is 4.52. The summed E-state index contributed by atoms with van der Waals surface area (Å²) in [7, 11) is -4.49. The molecule has 6 nitrogen and oxygen atoms in total. The molecular weight excluding hydrogens is 383 g/mol. The number of carboxylic acid groups (broad SMARTS) is 1. The van der Waals surface area contributed by atoms with Gasteiger partial charge in [0.15, 0.2) is 0 Å². The Bertz CT molecular complexity index is 441. The van der Waals surface area contributed by atoms with Crippen LogP contribution in [0.5, 0.6) is 0 Å². The van der Waals surface area contributed by atoms with E-state index in [1.807, 2.05) is 0 Å². The molecule has 0 spiro atoms. The van der Waals surface area contributed by atoms with E-state index in [0.717, 1.165) is 51.4 Å². The molecule has 0 amide bonds. The first-order valence-electron chi connectivity index (χ1n) is 9.61. The third kappa shape index (κ3) is 17.1. The van der Waals surface area contributed by atoms with Gasteiger partial charge in [0.05, 0.1) is 11.4 Å². The predicted molar refractivity (Wildman–Crippen MR) is 94.8 cm³/mol. The van der Waals surface area contributed by atoms with Crippen LogP contribution in [0.1, 0.15) is 96.8 Å². The number of carbonyl (C=O) groups excluding carboxylic acids is 1. The maximum absolute atomic E-state index is 11.4. The Morgan fingerprint density at radius 1 is 0.885 bits per heavy atom. The van der Waals surface area contributed by atoms with Gasteiger partial charge in [0, 0.05) is 5.97 Å². The topological polar surface area (TPSA) is 118 Å². The second-order valence-electron chi connectivity index (χ2n) is 6.83. The summed E-state index contributed by atoms with van der Waals surface area (Å²) in [6.45, 7) is 2.12. The zero-order chi connectivity index (χ0) is 19.1. The van der Waals surface area contributed by atoms with Crippen molar-refractivity contribution in [2.24, 2.45) is 0 Å². The molecule has 1 N–H and O–H groups in total. The number of carbonyl (C=O) groups is 1. The predicted octanol–water partition coefficient (Wildman–Crippen LogP) is -0.504. The summed E-state index contributed by atoms with van der Waals surface area (Å²) in [6.07, 6.45) is 9.03. The molecule has 0 bridgehead atoms. The molecule has 0 saturated heterocycles. The minimum Gasteiger partial charge on any atom is -0.748 e. The maximum Gasteiger partial charge on any atom is 1.00 e. The monoisotopic (exact) mass is 417 g/mol. The Kier molecular flexibility index (Phi) is 20.2. The first kappa shape index (κ1) is 29.2. The van der Waals surface area contributed by atoms with Crippen LogP contribution in [-0.4, -0.2) is 35.4 Å². The van der Waals surface area contributed by atoms with Gasteiger partial charge in [-0.15, -0.1) is 0 Å². The summed E-state index contributed by atoms with van der Waals surface area (Å²) >= 11 is 0. The summed E-state index contributed by atoms with van der Waals surface area (Å²) in [5, 5.41) is 19.2. The summed E-state index contributed by atoms with van der Waals surface area (Å²) in [4.78, 5) is 10.3. The van der Waals surface area contributed by atoms with Crippen molar-refractivity contribution in [1.82, 2.24) is 0 Å².